The summed E-state index contributed by atoms with van der Waals surface area (Å²) in [7, 11) is 1.40. The van der Waals surface area contributed by atoms with Crippen LogP contribution in [0.1, 0.15) is 74.4 Å². The van der Waals surface area contributed by atoms with E-state index in [0.717, 1.165) is 0 Å². The van der Waals surface area contributed by atoms with Gasteiger partial charge in [0.05, 0.1) is 36.5 Å². The Labute approximate surface area is 219 Å². The lowest BCUT2D eigenvalue weighted by molar-refractivity contribution is -0.243. The van der Waals surface area contributed by atoms with Crippen molar-refractivity contribution >= 4 is 17.3 Å². The number of nitrogens with two attached hydrogens (primary N) is 1. The largest absolute Gasteiger partial charge is 0.507 e. The summed E-state index contributed by atoms with van der Waals surface area (Å²) in [6, 6.07) is 4.13. The highest BCUT2D eigenvalue weighted by Gasteiger charge is 2.44. The van der Waals surface area contributed by atoms with Gasteiger partial charge in [0.1, 0.15) is 18.1 Å². The highest BCUT2D eigenvalue weighted by Crippen LogP contribution is 2.49. The van der Waals surface area contributed by atoms with E-state index in [1.165, 1.54) is 7.11 Å². The maximum Gasteiger partial charge on any atom is 0.201 e. The minimum atomic E-state index is -0.898. The van der Waals surface area contributed by atoms with Gasteiger partial charge in [-0.25, -0.2) is 0 Å². The van der Waals surface area contributed by atoms with Crippen LogP contribution in [0.4, 0.5) is 0 Å². The second-order valence-electron chi connectivity index (χ2n) is 10.2. The molecule has 0 aromatic heterocycles. The molecule has 1 heterocycles. The number of phenolic OH excluding ortho intramolecular Hbond substituents is 1. The number of phenols is 1. The van der Waals surface area contributed by atoms with Crippen LogP contribution in [0, 0.1) is 12.8 Å². The van der Waals surface area contributed by atoms with Gasteiger partial charge in [0.25, 0.3) is 0 Å². The first-order chi connectivity index (χ1) is 18.1. The fourth-order valence-electron chi connectivity index (χ4n) is 6.00. The minimum Gasteiger partial charge on any atom is -0.507 e. The molecular weight excluding hydrogens is 494 g/mol. The van der Waals surface area contributed by atoms with Crippen molar-refractivity contribution in [1.29, 1.82) is 0 Å². The number of rotatable bonds is 5. The lowest BCUT2D eigenvalue weighted by Gasteiger charge is -2.40. The molecule has 2 aliphatic carbocycles. The molecule has 5 rings (SSSR count). The molecule has 1 fully saturated rings. The van der Waals surface area contributed by atoms with Crippen LogP contribution in [-0.4, -0.2) is 70.9 Å². The molecule has 2 aromatic carbocycles. The first-order valence-corrected chi connectivity index (χ1v) is 12.6. The Hall–Kier alpha value is -3.15. The molecule has 38 heavy (non-hydrogen) atoms. The van der Waals surface area contributed by atoms with Crippen molar-refractivity contribution in [3.8, 4) is 11.5 Å². The predicted molar refractivity (Wildman–Crippen MR) is 133 cm³/mol. The molecular formula is C28H31NO9. The number of carbonyl (C=O) groups is 3. The number of aromatic hydroxyl groups is 1. The van der Waals surface area contributed by atoms with Crippen LogP contribution in [0.25, 0.3) is 0 Å². The van der Waals surface area contributed by atoms with Crippen molar-refractivity contribution in [2.75, 3.05) is 13.7 Å². The van der Waals surface area contributed by atoms with Crippen molar-refractivity contribution in [3.05, 3.63) is 57.1 Å². The molecule has 202 valence electrons. The summed E-state index contributed by atoms with van der Waals surface area (Å²) in [5, 5.41) is 31.3. The zero-order valence-electron chi connectivity index (χ0n) is 21.4. The second-order valence-corrected chi connectivity index (χ2v) is 10.2. The van der Waals surface area contributed by atoms with Gasteiger partial charge in [0.15, 0.2) is 17.9 Å². The van der Waals surface area contributed by atoms with E-state index in [9.17, 15) is 29.7 Å². The molecule has 0 spiro atoms. The normalized spacial score (nSPS) is 28.4. The average molecular weight is 526 g/mol. The van der Waals surface area contributed by atoms with Crippen molar-refractivity contribution in [2.24, 2.45) is 11.7 Å². The van der Waals surface area contributed by atoms with E-state index in [-0.39, 0.29) is 53.0 Å². The van der Waals surface area contributed by atoms with E-state index in [1.807, 2.05) is 0 Å². The lowest BCUT2D eigenvalue weighted by atomic mass is 9.72. The molecule has 0 amide bonds. The van der Waals surface area contributed by atoms with E-state index in [4.69, 9.17) is 19.9 Å². The molecule has 6 atom stereocenters. The quantitative estimate of drug-likeness (QED) is 0.383. The van der Waals surface area contributed by atoms with E-state index >= 15 is 0 Å². The summed E-state index contributed by atoms with van der Waals surface area (Å²) in [5.41, 5.74) is 7.56. The number of hydrogen-bond donors (Lipinski definition) is 4. The number of aliphatic hydroxyl groups excluding tert-OH is 2. The van der Waals surface area contributed by atoms with E-state index in [2.05, 4.69) is 0 Å². The second kappa shape index (κ2) is 9.87. The number of carbonyl (C=O) groups excluding carboxylic acids is 3. The third kappa shape index (κ3) is 4.04. The Kier molecular flexibility index (Phi) is 6.87. The SMILES string of the molecule is COc1cccc2c1C(=O)c1c(O)c3c(c(C)c1C2=O)C[C@@H](C(=O)CO)C[C@@H]3O[C@H]1C[C@H](N)[C@H](O)[C@H](C)O1. The van der Waals surface area contributed by atoms with E-state index < -0.39 is 60.5 Å². The van der Waals surface area contributed by atoms with Crippen LogP contribution in [0.5, 0.6) is 11.5 Å². The summed E-state index contributed by atoms with van der Waals surface area (Å²) < 4.78 is 17.4. The van der Waals surface area contributed by atoms with Crippen LogP contribution < -0.4 is 10.5 Å². The van der Waals surface area contributed by atoms with Crippen LogP contribution >= 0.6 is 0 Å². The summed E-state index contributed by atoms with van der Waals surface area (Å²) >= 11 is 0. The van der Waals surface area contributed by atoms with Crippen molar-refractivity contribution in [1.82, 2.24) is 0 Å². The number of ether oxygens (including phenoxy) is 3. The number of ketones is 3. The number of methoxy groups -OCH3 is 1. The standard InChI is InChI=1S/C28H31NO9/c1-11-15-7-13(17(31)10-30)8-19(38-20-9-16(29)25(32)12(2)37-20)23(15)28(35)24-21(11)26(33)14-5-4-6-18(36-3)22(14)27(24)34/h4-6,12-13,16,19-20,25,30,32,35H,7-10,29H2,1-3H3/t12-,13+,16-,19-,20-,25+/m0/s1. The Balaban J connectivity index is 1.65. The monoisotopic (exact) mass is 525 g/mol. The molecule has 0 radical (unpaired) electrons. The van der Waals surface area contributed by atoms with Gasteiger partial charge in [-0.1, -0.05) is 12.1 Å². The number of Topliss-reactive ketones (excluding diaryl/α,β-unsaturated/α-hetero) is 1. The number of aliphatic hydroxyl groups is 2. The molecule has 1 saturated heterocycles. The Morgan fingerprint density at radius 2 is 1.89 bits per heavy atom. The van der Waals surface area contributed by atoms with E-state index in [0.29, 0.717) is 16.7 Å². The number of hydrogen-bond acceptors (Lipinski definition) is 10. The average Bonchev–Trinajstić information content (AvgIpc) is 2.90. The highest BCUT2D eigenvalue weighted by atomic mass is 16.7. The first kappa shape index (κ1) is 26.5. The predicted octanol–water partition coefficient (Wildman–Crippen LogP) is 1.49. The van der Waals surface area contributed by atoms with Gasteiger partial charge in [0, 0.05) is 35.1 Å². The van der Waals surface area contributed by atoms with Crippen LogP contribution in [-0.2, 0) is 20.7 Å². The summed E-state index contributed by atoms with van der Waals surface area (Å²) in [4.78, 5) is 40.0. The molecule has 5 N–H and O–H groups in total. The van der Waals surface area contributed by atoms with Gasteiger partial charge >= 0.3 is 0 Å². The van der Waals surface area contributed by atoms with Gasteiger partial charge in [-0.3, -0.25) is 14.4 Å². The molecule has 10 nitrogen and oxygen atoms in total. The fourth-order valence-corrected chi connectivity index (χ4v) is 6.00. The smallest absolute Gasteiger partial charge is 0.201 e. The third-order valence-electron chi connectivity index (χ3n) is 8.02. The molecule has 0 unspecified atom stereocenters. The molecule has 3 aliphatic rings. The van der Waals surface area contributed by atoms with Gasteiger partial charge in [-0.2, -0.15) is 0 Å². The number of fused-ring (bicyclic) bond motifs is 3. The Morgan fingerprint density at radius 3 is 2.55 bits per heavy atom. The number of benzene rings is 2. The Morgan fingerprint density at radius 1 is 1.16 bits per heavy atom. The summed E-state index contributed by atoms with van der Waals surface area (Å²) in [5.74, 6) is -2.18. The van der Waals surface area contributed by atoms with Crippen molar-refractivity contribution < 1.29 is 43.9 Å². The fraction of sp³-hybridized carbons (Fsp3) is 0.464. The topological polar surface area (TPSA) is 166 Å². The van der Waals surface area contributed by atoms with Gasteiger partial charge in [-0.05, 0) is 43.9 Å². The molecule has 0 bridgehead atoms. The van der Waals surface area contributed by atoms with Crippen LogP contribution in [0.15, 0.2) is 18.2 Å². The summed E-state index contributed by atoms with van der Waals surface area (Å²) in [6.07, 6.45) is -2.78. The minimum absolute atomic E-state index is 0.0770. The zero-order chi connectivity index (χ0) is 27.5. The third-order valence-corrected chi connectivity index (χ3v) is 8.02. The van der Waals surface area contributed by atoms with E-state index in [1.54, 1.807) is 32.0 Å². The molecule has 10 heteroatoms. The van der Waals surface area contributed by atoms with Crippen LogP contribution in [0.3, 0.4) is 0 Å². The van der Waals surface area contributed by atoms with Gasteiger partial charge in [-0.15, -0.1) is 0 Å². The van der Waals surface area contributed by atoms with Crippen LogP contribution in [0.2, 0.25) is 0 Å². The maximum absolute atomic E-state index is 13.7. The Bertz CT molecular complexity index is 1320. The highest BCUT2D eigenvalue weighted by molar-refractivity contribution is 6.31. The maximum atomic E-state index is 13.7. The van der Waals surface area contributed by atoms with Gasteiger partial charge < -0.3 is 35.3 Å². The lowest BCUT2D eigenvalue weighted by Crippen LogP contribution is -2.52. The zero-order valence-corrected chi connectivity index (χ0v) is 21.4. The van der Waals surface area contributed by atoms with Crippen molar-refractivity contribution in [2.45, 2.75) is 63.8 Å². The molecule has 2 aromatic rings. The first-order valence-electron chi connectivity index (χ1n) is 12.6. The molecule has 0 saturated carbocycles. The van der Waals surface area contributed by atoms with Gasteiger partial charge in [0.2, 0.25) is 5.78 Å². The van der Waals surface area contributed by atoms with Crippen molar-refractivity contribution in [3.63, 3.8) is 0 Å². The summed E-state index contributed by atoms with van der Waals surface area (Å²) in [6.45, 7) is 2.68. The molecule has 1 aliphatic heterocycles.